The van der Waals surface area contributed by atoms with Crippen molar-refractivity contribution in [2.24, 2.45) is 0 Å². The van der Waals surface area contributed by atoms with E-state index in [1.54, 1.807) is 7.11 Å². The predicted molar refractivity (Wildman–Crippen MR) is 61.0 cm³/mol. The number of nitrogens with zero attached hydrogens (tertiary/aromatic N) is 1. The van der Waals surface area contributed by atoms with Crippen molar-refractivity contribution in [3.8, 4) is 5.75 Å². The summed E-state index contributed by atoms with van der Waals surface area (Å²) in [6.07, 6.45) is 3.27. The van der Waals surface area contributed by atoms with Crippen LogP contribution in [0.25, 0.3) is 0 Å². The maximum absolute atomic E-state index is 11.3. The Labute approximate surface area is 94.0 Å². The Hall–Kier alpha value is -1.56. The van der Waals surface area contributed by atoms with Crippen molar-refractivity contribution in [3.05, 3.63) is 16.7 Å². The van der Waals surface area contributed by atoms with Crippen molar-refractivity contribution >= 4 is 5.82 Å². The fourth-order valence-electron chi connectivity index (χ4n) is 1.28. The summed E-state index contributed by atoms with van der Waals surface area (Å²) in [5.74, 6) is 0.693. The summed E-state index contributed by atoms with van der Waals surface area (Å²) < 4.78 is 9.90. The van der Waals surface area contributed by atoms with Gasteiger partial charge >= 0.3 is 0 Å². The van der Waals surface area contributed by atoms with Crippen LogP contribution in [0, 0.1) is 0 Å². The highest BCUT2D eigenvalue weighted by molar-refractivity contribution is 5.47. The Morgan fingerprint density at radius 1 is 1.44 bits per heavy atom. The number of nitrogens with one attached hydrogen (secondary N) is 2. The molecule has 0 atom stereocenters. The van der Waals surface area contributed by atoms with Crippen LogP contribution in [0.1, 0.15) is 12.8 Å². The molecule has 1 rings (SSSR count). The van der Waals surface area contributed by atoms with E-state index in [2.05, 4.69) is 15.3 Å². The van der Waals surface area contributed by atoms with Gasteiger partial charge in [-0.1, -0.05) is 0 Å². The lowest BCUT2D eigenvalue weighted by Crippen LogP contribution is -2.14. The van der Waals surface area contributed by atoms with Gasteiger partial charge in [-0.3, -0.25) is 4.79 Å². The fraction of sp³-hybridized carbons (Fsp3) is 0.600. The quantitative estimate of drug-likeness (QED) is 0.668. The number of anilines is 1. The average Bonchev–Trinajstić information content (AvgIpc) is 2.29. The van der Waals surface area contributed by atoms with Crippen molar-refractivity contribution in [1.29, 1.82) is 0 Å². The molecule has 1 aromatic rings. The molecule has 1 heterocycles. The third kappa shape index (κ3) is 3.54. The van der Waals surface area contributed by atoms with Crippen molar-refractivity contribution in [1.82, 2.24) is 9.97 Å². The molecule has 0 aliphatic rings. The molecule has 90 valence electrons. The lowest BCUT2D eigenvalue weighted by Gasteiger charge is -2.08. The molecule has 0 fully saturated rings. The minimum atomic E-state index is -0.281. The molecule has 0 aliphatic carbocycles. The summed E-state index contributed by atoms with van der Waals surface area (Å²) in [6, 6.07) is 0. The van der Waals surface area contributed by atoms with Gasteiger partial charge in [0.25, 0.3) is 5.56 Å². The largest absolute Gasteiger partial charge is 0.489 e. The van der Waals surface area contributed by atoms with Gasteiger partial charge in [0.15, 0.2) is 5.82 Å². The number of hydrogen-bond donors (Lipinski definition) is 2. The van der Waals surface area contributed by atoms with Gasteiger partial charge in [0.05, 0.1) is 13.4 Å². The van der Waals surface area contributed by atoms with E-state index in [9.17, 15) is 4.79 Å². The van der Waals surface area contributed by atoms with Gasteiger partial charge in [-0.15, -0.1) is 0 Å². The lowest BCUT2D eigenvalue weighted by atomic mass is 10.3. The van der Waals surface area contributed by atoms with E-state index in [0.29, 0.717) is 5.82 Å². The molecule has 0 aliphatic heterocycles. The molecule has 0 unspecified atom stereocenters. The number of methoxy groups -OCH3 is 2. The zero-order valence-electron chi connectivity index (χ0n) is 9.58. The first-order chi connectivity index (χ1) is 7.79. The lowest BCUT2D eigenvalue weighted by molar-refractivity contribution is 0.193. The Balaban J connectivity index is 2.47. The molecule has 0 radical (unpaired) electrons. The second-order valence-corrected chi connectivity index (χ2v) is 3.24. The Morgan fingerprint density at radius 2 is 2.25 bits per heavy atom. The minimum absolute atomic E-state index is 0.217. The number of rotatable bonds is 7. The second kappa shape index (κ2) is 6.84. The Bertz CT molecular complexity index is 365. The van der Waals surface area contributed by atoms with Crippen LogP contribution in [0.3, 0.4) is 0 Å². The third-order valence-electron chi connectivity index (χ3n) is 2.08. The van der Waals surface area contributed by atoms with E-state index >= 15 is 0 Å². The first-order valence-electron chi connectivity index (χ1n) is 5.14. The zero-order valence-corrected chi connectivity index (χ0v) is 9.58. The van der Waals surface area contributed by atoms with E-state index in [0.717, 1.165) is 26.0 Å². The van der Waals surface area contributed by atoms with Crippen LogP contribution in [-0.2, 0) is 4.74 Å². The van der Waals surface area contributed by atoms with Crippen LogP contribution in [0.15, 0.2) is 11.1 Å². The summed E-state index contributed by atoms with van der Waals surface area (Å²) in [7, 11) is 3.12. The van der Waals surface area contributed by atoms with Gasteiger partial charge < -0.3 is 19.8 Å². The molecule has 0 saturated carbocycles. The van der Waals surface area contributed by atoms with Gasteiger partial charge in [-0.05, 0) is 12.8 Å². The topological polar surface area (TPSA) is 76.2 Å². The second-order valence-electron chi connectivity index (χ2n) is 3.24. The van der Waals surface area contributed by atoms with E-state index in [1.807, 2.05) is 0 Å². The number of ether oxygens (including phenoxy) is 2. The summed E-state index contributed by atoms with van der Waals surface area (Å²) >= 11 is 0. The molecule has 0 amide bonds. The first-order valence-corrected chi connectivity index (χ1v) is 5.14. The number of unbranched alkanes of at least 4 members (excludes halogenated alkanes) is 1. The van der Waals surface area contributed by atoms with Crippen molar-refractivity contribution in [2.75, 3.05) is 32.7 Å². The molecule has 0 spiro atoms. The highest BCUT2D eigenvalue weighted by Gasteiger charge is 2.07. The first kappa shape index (κ1) is 12.5. The standard InChI is InChI=1S/C10H17N3O3/c1-15-6-4-3-5-11-9-8(16-2)10(14)13-7-12-9/h7H,3-6H2,1-2H3,(H2,11,12,13,14). The van der Waals surface area contributed by atoms with Gasteiger partial charge in [0, 0.05) is 20.3 Å². The monoisotopic (exact) mass is 227 g/mol. The van der Waals surface area contributed by atoms with Gasteiger partial charge in [0.2, 0.25) is 5.75 Å². The summed E-state index contributed by atoms with van der Waals surface area (Å²) in [4.78, 5) is 17.8. The summed E-state index contributed by atoms with van der Waals surface area (Å²) in [5, 5.41) is 3.05. The van der Waals surface area contributed by atoms with E-state index in [4.69, 9.17) is 9.47 Å². The van der Waals surface area contributed by atoms with Gasteiger partial charge in [-0.2, -0.15) is 0 Å². The number of hydrogen-bond acceptors (Lipinski definition) is 5. The fourth-order valence-corrected chi connectivity index (χ4v) is 1.28. The Kier molecular flexibility index (Phi) is 5.35. The van der Waals surface area contributed by atoms with Crippen molar-refractivity contribution in [2.45, 2.75) is 12.8 Å². The maximum Gasteiger partial charge on any atom is 0.295 e. The SMILES string of the molecule is COCCCCNc1nc[nH]c(=O)c1OC. The number of H-pyrrole nitrogens is 1. The van der Waals surface area contributed by atoms with Crippen LogP contribution in [0.2, 0.25) is 0 Å². The summed E-state index contributed by atoms with van der Waals surface area (Å²) in [6.45, 7) is 1.47. The normalized spacial score (nSPS) is 10.1. The Morgan fingerprint density at radius 3 is 2.94 bits per heavy atom. The van der Waals surface area contributed by atoms with Gasteiger partial charge in [0.1, 0.15) is 0 Å². The third-order valence-corrected chi connectivity index (χ3v) is 2.08. The molecule has 0 saturated heterocycles. The van der Waals surface area contributed by atoms with E-state index in [1.165, 1.54) is 13.4 Å². The van der Waals surface area contributed by atoms with Crippen molar-refractivity contribution in [3.63, 3.8) is 0 Å². The van der Waals surface area contributed by atoms with E-state index < -0.39 is 0 Å². The number of aromatic amines is 1. The van der Waals surface area contributed by atoms with Crippen LogP contribution in [0.5, 0.6) is 5.75 Å². The maximum atomic E-state index is 11.3. The predicted octanol–water partition coefficient (Wildman–Crippen LogP) is 0.617. The molecule has 16 heavy (non-hydrogen) atoms. The smallest absolute Gasteiger partial charge is 0.295 e. The molecular formula is C10H17N3O3. The average molecular weight is 227 g/mol. The molecule has 0 bridgehead atoms. The highest BCUT2D eigenvalue weighted by atomic mass is 16.5. The molecular weight excluding hydrogens is 210 g/mol. The zero-order chi connectivity index (χ0) is 11.8. The van der Waals surface area contributed by atoms with Crippen LogP contribution >= 0.6 is 0 Å². The molecule has 1 aromatic heterocycles. The molecule has 2 N–H and O–H groups in total. The molecule has 0 aromatic carbocycles. The molecule has 6 nitrogen and oxygen atoms in total. The van der Waals surface area contributed by atoms with Gasteiger partial charge in [-0.25, -0.2) is 4.98 Å². The van der Waals surface area contributed by atoms with E-state index in [-0.39, 0.29) is 11.3 Å². The van der Waals surface area contributed by atoms with Crippen LogP contribution in [-0.4, -0.2) is 37.3 Å². The number of aromatic nitrogens is 2. The minimum Gasteiger partial charge on any atom is -0.489 e. The highest BCUT2D eigenvalue weighted by Crippen LogP contribution is 2.13. The van der Waals surface area contributed by atoms with Crippen molar-refractivity contribution < 1.29 is 9.47 Å². The van der Waals surface area contributed by atoms with Crippen LogP contribution in [0.4, 0.5) is 5.82 Å². The molecule has 6 heteroatoms. The summed E-state index contributed by atoms with van der Waals surface area (Å²) in [5.41, 5.74) is -0.281. The van der Waals surface area contributed by atoms with Crippen LogP contribution < -0.4 is 15.6 Å².